The van der Waals surface area contributed by atoms with Gasteiger partial charge in [-0.2, -0.15) is 4.98 Å². The Bertz CT molecular complexity index is 592. The molecular formula is C15H21N5O. The van der Waals surface area contributed by atoms with Gasteiger partial charge in [0.15, 0.2) is 0 Å². The van der Waals surface area contributed by atoms with Crippen molar-refractivity contribution in [2.75, 3.05) is 18.9 Å². The highest BCUT2D eigenvalue weighted by Gasteiger charge is 2.32. The lowest BCUT2D eigenvalue weighted by Gasteiger charge is -2.25. The Kier molecular flexibility index (Phi) is 3.88. The van der Waals surface area contributed by atoms with Gasteiger partial charge in [-0.05, 0) is 45.4 Å². The molecule has 1 aliphatic rings. The van der Waals surface area contributed by atoms with Gasteiger partial charge in [0.2, 0.25) is 11.7 Å². The van der Waals surface area contributed by atoms with Gasteiger partial charge in [0.05, 0.1) is 6.04 Å². The third-order valence-corrected chi connectivity index (χ3v) is 3.96. The number of nitrogens with zero attached hydrogens (tertiary/aromatic N) is 4. The molecule has 0 spiro atoms. The van der Waals surface area contributed by atoms with Gasteiger partial charge in [-0.15, -0.1) is 0 Å². The molecule has 6 nitrogen and oxygen atoms in total. The fourth-order valence-corrected chi connectivity index (χ4v) is 2.83. The summed E-state index contributed by atoms with van der Waals surface area (Å²) in [7, 11) is 1.84. The highest BCUT2D eigenvalue weighted by atomic mass is 16.5. The van der Waals surface area contributed by atoms with Crippen LogP contribution in [0, 0.1) is 0 Å². The SMILES string of the molecule is CNc1ccc(-c2noc([C@@H]3CCCN3C(C)C)n2)cn1. The van der Waals surface area contributed by atoms with Crippen LogP contribution in [-0.2, 0) is 0 Å². The van der Waals surface area contributed by atoms with E-state index < -0.39 is 0 Å². The molecule has 1 N–H and O–H groups in total. The summed E-state index contributed by atoms with van der Waals surface area (Å²) in [6.07, 6.45) is 4.02. The summed E-state index contributed by atoms with van der Waals surface area (Å²) in [6.45, 7) is 5.50. The Labute approximate surface area is 124 Å². The Morgan fingerprint density at radius 3 is 2.90 bits per heavy atom. The molecule has 0 bridgehead atoms. The Hall–Kier alpha value is -1.95. The molecule has 112 valence electrons. The van der Waals surface area contributed by atoms with Crippen molar-refractivity contribution in [3.05, 3.63) is 24.2 Å². The molecule has 21 heavy (non-hydrogen) atoms. The maximum atomic E-state index is 5.49. The van der Waals surface area contributed by atoms with Gasteiger partial charge >= 0.3 is 0 Å². The van der Waals surface area contributed by atoms with Gasteiger partial charge in [-0.25, -0.2) is 4.98 Å². The van der Waals surface area contributed by atoms with Gasteiger partial charge in [-0.1, -0.05) is 5.16 Å². The highest BCUT2D eigenvalue weighted by molar-refractivity contribution is 5.55. The van der Waals surface area contributed by atoms with E-state index >= 15 is 0 Å². The van der Waals surface area contributed by atoms with Crippen molar-refractivity contribution in [3.63, 3.8) is 0 Å². The quantitative estimate of drug-likeness (QED) is 0.932. The molecule has 6 heteroatoms. The number of rotatable bonds is 4. The number of hydrogen-bond acceptors (Lipinski definition) is 6. The van der Waals surface area contributed by atoms with E-state index in [1.165, 1.54) is 6.42 Å². The van der Waals surface area contributed by atoms with E-state index in [9.17, 15) is 0 Å². The minimum Gasteiger partial charge on any atom is -0.373 e. The van der Waals surface area contributed by atoms with Gasteiger partial charge in [0.25, 0.3) is 0 Å². The summed E-state index contributed by atoms with van der Waals surface area (Å²) in [4.78, 5) is 11.3. The van der Waals surface area contributed by atoms with Crippen LogP contribution in [-0.4, -0.2) is 39.7 Å². The van der Waals surface area contributed by atoms with Crippen molar-refractivity contribution < 1.29 is 4.52 Å². The third-order valence-electron chi connectivity index (χ3n) is 3.96. The van der Waals surface area contributed by atoms with Crippen LogP contribution >= 0.6 is 0 Å². The zero-order chi connectivity index (χ0) is 14.8. The van der Waals surface area contributed by atoms with Crippen molar-refractivity contribution >= 4 is 5.82 Å². The standard InChI is InChI=1S/C15H21N5O/c1-10(2)20-8-4-5-12(20)15-18-14(19-21-15)11-6-7-13(16-3)17-9-11/h6-7,9-10,12H,4-5,8H2,1-3H3,(H,16,17)/t12-/m0/s1. The molecule has 0 aliphatic carbocycles. The second-order valence-corrected chi connectivity index (χ2v) is 5.63. The van der Waals surface area contributed by atoms with Crippen LogP contribution in [0.15, 0.2) is 22.9 Å². The average molecular weight is 287 g/mol. The van der Waals surface area contributed by atoms with Crippen LogP contribution in [0.5, 0.6) is 0 Å². The topological polar surface area (TPSA) is 67.1 Å². The number of aromatic nitrogens is 3. The van der Waals surface area contributed by atoms with Crippen LogP contribution < -0.4 is 5.32 Å². The molecule has 0 unspecified atom stereocenters. The summed E-state index contributed by atoms with van der Waals surface area (Å²) in [5, 5.41) is 7.10. The van der Waals surface area contributed by atoms with Gasteiger partial charge in [0.1, 0.15) is 5.82 Å². The molecule has 2 aromatic heterocycles. The largest absolute Gasteiger partial charge is 0.373 e. The Morgan fingerprint density at radius 1 is 1.38 bits per heavy atom. The molecule has 0 amide bonds. The van der Waals surface area contributed by atoms with Crippen molar-refractivity contribution in [2.45, 2.75) is 38.8 Å². The van der Waals surface area contributed by atoms with Crippen molar-refractivity contribution in [3.8, 4) is 11.4 Å². The smallest absolute Gasteiger partial charge is 0.244 e. The van der Waals surface area contributed by atoms with E-state index in [2.05, 4.69) is 39.2 Å². The predicted molar refractivity (Wildman–Crippen MR) is 80.9 cm³/mol. The van der Waals surface area contributed by atoms with Crippen molar-refractivity contribution in [2.24, 2.45) is 0 Å². The van der Waals surface area contributed by atoms with E-state index in [0.717, 1.165) is 24.3 Å². The highest BCUT2D eigenvalue weighted by Crippen LogP contribution is 2.33. The first-order valence-corrected chi connectivity index (χ1v) is 7.42. The van der Waals surface area contributed by atoms with Crippen LogP contribution in [0.2, 0.25) is 0 Å². The molecule has 2 aromatic rings. The van der Waals surface area contributed by atoms with Crippen LogP contribution in [0.1, 0.15) is 38.6 Å². The van der Waals surface area contributed by atoms with E-state index in [0.29, 0.717) is 17.8 Å². The number of anilines is 1. The minimum absolute atomic E-state index is 0.246. The summed E-state index contributed by atoms with van der Waals surface area (Å²) < 4.78 is 5.49. The molecule has 0 saturated carbocycles. The van der Waals surface area contributed by atoms with E-state index in [1.807, 2.05) is 19.2 Å². The number of hydrogen-bond donors (Lipinski definition) is 1. The molecule has 3 rings (SSSR count). The minimum atomic E-state index is 0.246. The second kappa shape index (κ2) is 5.81. The summed E-state index contributed by atoms with van der Waals surface area (Å²) in [6, 6.07) is 4.59. The molecule has 1 aliphatic heterocycles. The first-order valence-electron chi connectivity index (χ1n) is 7.42. The number of pyridine rings is 1. The Morgan fingerprint density at radius 2 is 2.24 bits per heavy atom. The molecule has 3 heterocycles. The zero-order valence-electron chi connectivity index (χ0n) is 12.7. The number of nitrogens with one attached hydrogen (secondary N) is 1. The van der Waals surface area contributed by atoms with E-state index in [4.69, 9.17) is 4.52 Å². The maximum Gasteiger partial charge on any atom is 0.244 e. The number of likely N-dealkylation sites (tertiary alicyclic amines) is 1. The van der Waals surface area contributed by atoms with Crippen molar-refractivity contribution in [1.82, 2.24) is 20.0 Å². The lowest BCUT2D eigenvalue weighted by atomic mass is 10.2. The van der Waals surface area contributed by atoms with E-state index in [-0.39, 0.29) is 6.04 Å². The molecule has 1 saturated heterocycles. The van der Waals surface area contributed by atoms with Gasteiger partial charge < -0.3 is 9.84 Å². The monoisotopic (exact) mass is 287 g/mol. The normalized spacial score (nSPS) is 19.3. The molecule has 1 fully saturated rings. The summed E-state index contributed by atoms with van der Waals surface area (Å²) >= 11 is 0. The third kappa shape index (κ3) is 2.76. The maximum absolute atomic E-state index is 5.49. The van der Waals surface area contributed by atoms with E-state index in [1.54, 1.807) is 6.20 Å². The summed E-state index contributed by atoms with van der Waals surface area (Å²) in [5.74, 6) is 2.15. The zero-order valence-corrected chi connectivity index (χ0v) is 12.7. The molecule has 0 radical (unpaired) electrons. The second-order valence-electron chi connectivity index (χ2n) is 5.63. The van der Waals surface area contributed by atoms with Crippen LogP contribution in [0.3, 0.4) is 0 Å². The first-order chi connectivity index (χ1) is 10.2. The lowest BCUT2D eigenvalue weighted by molar-refractivity contribution is 0.170. The van der Waals surface area contributed by atoms with Crippen LogP contribution in [0.4, 0.5) is 5.82 Å². The van der Waals surface area contributed by atoms with Crippen LogP contribution in [0.25, 0.3) is 11.4 Å². The predicted octanol–water partition coefficient (Wildman–Crippen LogP) is 2.72. The lowest BCUT2D eigenvalue weighted by Crippen LogP contribution is -2.30. The average Bonchev–Trinajstić information content (AvgIpc) is 3.16. The summed E-state index contributed by atoms with van der Waals surface area (Å²) in [5.41, 5.74) is 0.873. The molecule has 1 atom stereocenters. The fraction of sp³-hybridized carbons (Fsp3) is 0.533. The first kappa shape index (κ1) is 14.0. The molecule has 0 aromatic carbocycles. The fourth-order valence-electron chi connectivity index (χ4n) is 2.83. The molecular weight excluding hydrogens is 266 g/mol. The van der Waals surface area contributed by atoms with Gasteiger partial charge in [0, 0.05) is 24.8 Å². The van der Waals surface area contributed by atoms with Crippen molar-refractivity contribution in [1.29, 1.82) is 0 Å². The Balaban J connectivity index is 1.82. The van der Waals surface area contributed by atoms with Gasteiger partial charge in [-0.3, -0.25) is 4.90 Å².